The number of aromatic nitrogens is 2. The molecule has 0 aliphatic carbocycles. The van der Waals surface area contributed by atoms with E-state index >= 15 is 0 Å². The summed E-state index contributed by atoms with van der Waals surface area (Å²) in [7, 11) is 0. The molecule has 0 atom stereocenters. The standard InChI is InChI=1S/C15H18N6/c1-10-8-21(17)15(11(2)18-10)5-6-20-9-12-7-13(16)3-4-14(12)19-20/h3-5,7-9H,6,16-17H2,1-2H3/b15-5-. The van der Waals surface area contributed by atoms with Crippen molar-refractivity contribution in [2.75, 3.05) is 5.73 Å². The van der Waals surface area contributed by atoms with Gasteiger partial charge in [-0.05, 0) is 38.1 Å². The number of nitrogens with two attached hydrogens (primary N) is 2. The fourth-order valence-corrected chi connectivity index (χ4v) is 2.43. The van der Waals surface area contributed by atoms with E-state index in [1.54, 1.807) is 11.2 Å². The summed E-state index contributed by atoms with van der Waals surface area (Å²) in [4.78, 5) is 4.42. The monoisotopic (exact) mass is 282 g/mol. The van der Waals surface area contributed by atoms with Crippen LogP contribution in [0.3, 0.4) is 0 Å². The molecule has 0 saturated heterocycles. The Morgan fingerprint density at radius 2 is 2.10 bits per heavy atom. The van der Waals surface area contributed by atoms with Crippen molar-refractivity contribution in [2.45, 2.75) is 20.4 Å². The molecular formula is C15H18N6. The highest BCUT2D eigenvalue weighted by molar-refractivity contribution is 5.99. The van der Waals surface area contributed by atoms with Gasteiger partial charge in [-0.1, -0.05) is 0 Å². The Bertz CT molecular complexity index is 781. The average molecular weight is 282 g/mol. The maximum atomic E-state index is 5.98. The van der Waals surface area contributed by atoms with Gasteiger partial charge < -0.3 is 5.73 Å². The lowest BCUT2D eigenvalue weighted by Crippen LogP contribution is -2.31. The molecule has 1 aromatic carbocycles. The lowest BCUT2D eigenvalue weighted by molar-refractivity contribution is 0.499. The maximum Gasteiger partial charge on any atom is 0.0924 e. The van der Waals surface area contributed by atoms with Gasteiger partial charge in [-0.3, -0.25) is 14.7 Å². The molecule has 4 N–H and O–H groups in total. The number of anilines is 1. The lowest BCUT2D eigenvalue weighted by atomic mass is 10.2. The van der Waals surface area contributed by atoms with Crippen LogP contribution in [0.1, 0.15) is 13.8 Å². The number of nitrogen functional groups attached to an aromatic ring is 1. The molecule has 21 heavy (non-hydrogen) atoms. The third kappa shape index (κ3) is 2.66. The molecular weight excluding hydrogens is 264 g/mol. The summed E-state index contributed by atoms with van der Waals surface area (Å²) in [5.74, 6) is 5.98. The number of aliphatic imine (C=N–C) groups is 1. The van der Waals surface area contributed by atoms with Crippen molar-refractivity contribution < 1.29 is 0 Å². The van der Waals surface area contributed by atoms with Crippen molar-refractivity contribution in [1.82, 2.24) is 14.8 Å². The topological polar surface area (TPSA) is 85.5 Å². The molecule has 0 fully saturated rings. The fraction of sp³-hybridized carbons (Fsp3) is 0.200. The second-order valence-electron chi connectivity index (χ2n) is 5.13. The third-order valence-electron chi connectivity index (χ3n) is 3.37. The van der Waals surface area contributed by atoms with Crippen molar-refractivity contribution >= 4 is 22.3 Å². The maximum absolute atomic E-state index is 5.98. The lowest BCUT2D eigenvalue weighted by Gasteiger charge is -2.22. The van der Waals surface area contributed by atoms with Crippen molar-refractivity contribution in [2.24, 2.45) is 10.8 Å². The Kier molecular flexibility index (Phi) is 3.23. The van der Waals surface area contributed by atoms with Gasteiger partial charge in [-0.2, -0.15) is 5.10 Å². The van der Waals surface area contributed by atoms with Crippen LogP contribution in [0.4, 0.5) is 5.69 Å². The first-order valence-corrected chi connectivity index (χ1v) is 6.74. The van der Waals surface area contributed by atoms with E-state index in [4.69, 9.17) is 11.6 Å². The van der Waals surface area contributed by atoms with Crippen LogP contribution < -0.4 is 11.6 Å². The SMILES string of the molecule is CC1=CN(N)/C(=C\Cn2cc3cc(N)ccc3n2)C(C)=N1. The minimum atomic E-state index is 0.622. The zero-order chi connectivity index (χ0) is 15.0. The Hall–Kier alpha value is -2.60. The van der Waals surface area contributed by atoms with Crippen LogP contribution in [-0.4, -0.2) is 20.5 Å². The first-order chi connectivity index (χ1) is 10.0. The number of benzene rings is 1. The molecule has 0 amide bonds. The Balaban J connectivity index is 1.86. The van der Waals surface area contributed by atoms with Crippen LogP contribution >= 0.6 is 0 Å². The average Bonchev–Trinajstić information content (AvgIpc) is 2.79. The zero-order valence-corrected chi connectivity index (χ0v) is 12.1. The number of nitrogens with zero attached hydrogens (tertiary/aromatic N) is 4. The molecule has 0 unspecified atom stereocenters. The molecule has 6 nitrogen and oxygen atoms in total. The molecule has 0 spiro atoms. The van der Waals surface area contributed by atoms with Crippen LogP contribution in [0.2, 0.25) is 0 Å². The molecule has 2 heterocycles. The molecule has 0 bridgehead atoms. The van der Waals surface area contributed by atoms with Crippen molar-refractivity contribution in [3.05, 3.63) is 48.1 Å². The second kappa shape index (κ2) is 5.06. The van der Waals surface area contributed by atoms with Gasteiger partial charge in [-0.15, -0.1) is 0 Å². The highest BCUT2D eigenvalue weighted by Gasteiger charge is 2.12. The predicted molar refractivity (Wildman–Crippen MR) is 85.1 cm³/mol. The van der Waals surface area contributed by atoms with Gasteiger partial charge in [0, 0.05) is 23.5 Å². The Labute approximate surface area is 123 Å². The molecule has 6 heteroatoms. The highest BCUT2D eigenvalue weighted by Crippen LogP contribution is 2.17. The van der Waals surface area contributed by atoms with Crippen LogP contribution in [-0.2, 0) is 6.54 Å². The van der Waals surface area contributed by atoms with E-state index in [1.165, 1.54) is 0 Å². The van der Waals surface area contributed by atoms with E-state index < -0.39 is 0 Å². The summed E-state index contributed by atoms with van der Waals surface area (Å²) in [6.07, 6.45) is 5.79. The van der Waals surface area contributed by atoms with Gasteiger partial charge in [0.2, 0.25) is 0 Å². The van der Waals surface area contributed by atoms with Crippen LogP contribution in [0.5, 0.6) is 0 Å². The van der Waals surface area contributed by atoms with Crippen LogP contribution in [0.15, 0.2) is 53.1 Å². The molecule has 0 radical (unpaired) electrons. The van der Waals surface area contributed by atoms with Gasteiger partial charge >= 0.3 is 0 Å². The van der Waals surface area contributed by atoms with E-state index in [2.05, 4.69) is 10.1 Å². The molecule has 2 aromatic rings. The first-order valence-electron chi connectivity index (χ1n) is 6.74. The molecule has 3 rings (SSSR count). The summed E-state index contributed by atoms with van der Waals surface area (Å²) in [6, 6.07) is 5.69. The van der Waals surface area contributed by atoms with Crippen molar-refractivity contribution in [3.63, 3.8) is 0 Å². The molecule has 1 aliphatic heterocycles. The first kappa shape index (κ1) is 13.4. The number of fused-ring (bicyclic) bond motifs is 1. The zero-order valence-electron chi connectivity index (χ0n) is 12.1. The highest BCUT2D eigenvalue weighted by atomic mass is 15.4. The number of hydrogen-bond donors (Lipinski definition) is 2. The predicted octanol–water partition coefficient (Wildman–Crippen LogP) is 2.01. The van der Waals surface area contributed by atoms with E-state index in [0.717, 1.165) is 33.7 Å². The van der Waals surface area contributed by atoms with E-state index in [-0.39, 0.29) is 0 Å². The van der Waals surface area contributed by atoms with E-state index in [1.807, 2.05) is 49.0 Å². The molecule has 0 saturated carbocycles. The minimum Gasteiger partial charge on any atom is -0.399 e. The van der Waals surface area contributed by atoms with Gasteiger partial charge in [0.05, 0.1) is 29.2 Å². The Morgan fingerprint density at radius 3 is 2.86 bits per heavy atom. The van der Waals surface area contributed by atoms with E-state index in [9.17, 15) is 0 Å². The number of hydrogen-bond acceptors (Lipinski definition) is 5. The second-order valence-corrected chi connectivity index (χ2v) is 5.13. The smallest absolute Gasteiger partial charge is 0.0924 e. The molecule has 108 valence electrons. The largest absolute Gasteiger partial charge is 0.399 e. The third-order valence-corrected chi connectivity index (χ3v) is 3.37. The van der Waals surface area contributed by atoms with Gasteiger partial charge in [-0.25, -0.2) is 5.84 Å². The van der Waals surface area contributed by atoms with E-state index in [0.29, 0.717) is 6.54 Å². The summed E-state index contributed by atoms with van der Waals surface area (Å²) >= 11 is 0. The van der Waals surface area contributed by atoms with Gasteiger partial charge in [0.1, 0.15) is 0 Å². The van der Waals surface area contributed by atoms with Gasteiger partial charge in [0.15, 0.2) is 0 Å². The molecule has 1 aliphatic rings. The van der Waals surface area contributed by atoms with Gasteiger partial charge in [0.25, 0.3) is 0 Å². The summed E-state index contributed by atoms with van der Waals surface area (Å²) < 4.78 is 1.86. The summed E-state index contributed by atoms with van der Waals surface area (Å²) in [5.41, 5.74) is 10.1. The van der Waals surface area contributed by atoms with Crippen LogP contribution in [0, 0.1) is 0 Å². The quantitative estimate of drug-likeness (QED) is 0.651. The summed E-state index contributed by atoms with van der Waals surface area (Å²) in [5, 5.41) is 7.13. The fourth-order valence-electron chi connectivity index (χ4n) is 2.43. The number of rotatable bonds is 2. The van der Waals surface area contributed by atoms with Crippen LogP contribution in [0.25, 0.3) is 10.9 Å². The number of hydrazine groups is 1. The normalized spacial score (nSPS) is 17.3. The van der Waals surface area contributed by atoms with Crippen molar-refractivity contribution in [3.8, 4) is 0 Å². The minimum absolute atomic E-state index is 0.622. The van der Waals surface area contributed by atoms with Crippen molar-refractivity contribution in [1.29, 1.82) is 0 Å². The summed E-state index contributed by atoms with van der Waals surface area (Å²) in [6.45, 7) is 4.49. The Morgan fingerprint density at radius 1 is 1.29 bits per heavy atom. The molecule has 1 aromatic heterocycles. The number of allylic oxidation sites excluding steroid dienone is 3.